The molecular formula is C19H19NO4. The first-order chi connectivity index (χ1) is 11.5. The third kappa shape index (κ3) is 2.69. The number of aromatic amines is 1. The fourth-order valence-corrected chi connectivity index (χ4v) is 2.99. The Morgan fingerprint density at radius 1 is 1.17 bits per heavy atom. The molecular weight excluding hydrogens is 306 g/mol. The number of methoxy groups -OCH3 is 2. The maximum Gasteiger partial charge on any atom is 0.307 e. The molecule has 0 fully saturated rings. The average Bonchev–Trinajstić information content (AvgIpc) is 2.93. The van der Waals surface area contributed by atoms with Gasteiger partial charge in [-0.25, -0.2) is 0 Å². The summed E-state index contributed by atoms with van der Waals surface area (Å²) < 4.78 is 10.8. The van der Waals surface area contributed by atoms with Crippen molar-refractivity contribution in [3.8, 4) is 22.8 Å². The molecule has 24 heavy (non-hydrogen) atoms. The number of para-hydroxylation sites is 1. The average molecular weight is 325 g/mol. The molecule has 0 aliphatic rings. The smallest absolute Gasteiger partial charge is 0.307 e. The fraction of sp³-hybridized carbons (Fsp3) is 0.211. The number of aliphatic carboxylic acids is 1. The SMILES string of the molecule is COc1ccc(OC)c(-c2[nH]c3c(C)cccc3c2CC(=O)O)c1. The van der Waals surface area contributed by atoms with Gasteiger partial charge in [-0.15, -0.1) is 0 Å². The molecule has 0 radical (unpaired) electrons. The van der Waals surface area contributed by atoms with E-state index in [2.05, 4.69) is 4.98 Å². The Balaban J connectivity index is 2.33. The molecule has 2 aromatic carbocycles. The van der Waals surface area contributed by atoms with Gasteiger partial charge in [0.1, 0.15) is 11.5 Å². The van der Waals surface area contributed by atoms with E-state index in [1.165, 1.54) is 0 Å². The molecule has 0 bridgehead atoms. The van der Waals surface area contributed by atoms with Gasteiger partial charge in [-0.2, -0.15) is 0 Å². The molecule has 2 N–H and O–H groups in total. The van der Waals surface area contributed by atoms with Crippen molar-refractivity contribution in [2.24, 2.45) is 0 Å². The lowest BCUT2D eigenvalue weighted by Crippen LogP contribution is -2.01. The van der Waals surface area contributed by atoms with Crippen molar-refractivity contribution >= 4 is 16.9 Å². The minimum Gasteiger partial charge on any atom is -0.497 e. The van der Waals surface area contributed by atoms with E-state index in [-0.39, 0.29) is 6.42 Å². The molecule has 124 valence electrons. The predicted octanol–water partition coefficient (Wildman–Crippen LogP) is 3.79. The van der Waals surface area contributed by atoms with Crippen molar-refractivity contribution in [1.82, 2.24) is 4.98 Å². The lowest BCUT2D eigenvalue weighted by molar-refractivity contribution is -0.136. The van der Waals surface area contributed by atoms with Gasteiger partial charge in [0.25, 0.3) is 0 Å². The van der Waals surface area contributed by atoms with Gasteiger partial charge in [-0.1, -0.05) is 18.2 Å². The number of H-pyrrole nitrogens is 1. The number of rotatable bonds is 5. The molecule has 3 aromatic rings. The van der Waals surface area contributed by atoms with Crippen LogP contribution in [0.4, 0.5) is 0 Å². The fourth-order valence-electron chi connectivity index (χ4n) is 2.99. The molecule has 0 aliphatic carbocycles. The van der Waals surface area contributed by atoms with Crippen LogP contribution in [0, 0.1) is 6.92 Å². The molecule has 5 heteroatoms. The van der Waals surface area contributed by atoms with Gasteiger partial charge in [-0.05, 0) is 36.2 Å². The topological polar surface area (TPSA) is 71.5 Å². The summed E-state index contributed by atoms with van der Waals surface area (Å²) in [6.45, 7) is 2.00. The van der Waals surface area contributed by atoms with Gasteiger partial charge in [-0.3, -0.25) is 4.79 Å². The second-order valence-electron chi connectivity index (χ2n) is 5.61. The Bertz CT molecular complexity index is 911. The van der Waals surface area contributed by atoms with Crippen LogP contribution < -0.4 is 9.47 Å². The highest BCUT2D eigenvalue weighted by atomic mass is 16.5. The lowest BCUT2D eigenvalue weighted by atomic mass is 10.0. The van der Waals surface area contributed by atoms with E-state index < -0.39 is 5.97 Å². The Morgan fingerprint density at radius 2 is 1.96 bits per heavy atom. The van der Waals surface area contributed by atoms with Crippen molar-refractivity contribution in [1.29, 1.82) is 0 Å². The number of benzene rings is 2. The molecule has 0 unspecified atom stereocenters. The lowest BCUT2D eigenvalue weighted by Gasteiger charge is -2.11. The highest BCUT2D eigenvalue weighted by Gasteiger charge is 2.19. The minimum absolute atomic E-state index is 0.0703. The van der Waals surface area contributed by atoms with Crippen molar-refractivity contribution in [3.05, 3.63) is 47.5 Å². The van der Waals surface area contributed by atoms with Gasteiger partial charge in [0.15, 0.2) is 0 Å². The third-order valence-electron chi connectivity index (χ3n) is 4.15. The van der Waals surface area contributed by atoms with E-state index in [4.69, 9.17) is 9.47 Å². The zero-order valence-corrected chi connectivity index (χ0v) is 13.8. The van der Waals surface area contributed by atoms with Crippen LogP contribution in [-0.4, -0.2) is 30.3 Å². The first-order valence-corrected chi connectivity index (χ1v) is 7.59. The molecule has 0 atom stereocenters. The summed E-state index contributed by atoms with van der Waals surface area (Å²) in [7, 11) is 3.19. The van der Waals surface area contributed by atoms with Crippen LogP contribution in [0.15, 0.2) is 36.4 Å². The number of nitrogens with one attached hydrogen (secondary N) is 1. The summed E-state index contributed by atoms with van der Waals surface area (Å²) >= 11 is 0. The summed E-state index contributed by atoms with van der Waals surface area (Å²) in [4.78, 5) is 14.8. The number of hydrogen-bond donors (Lipinski definition) is 2. The van der Waals surface area contributed by atoms with Crippen molar-refractivity contribution in [3.63, 3.8) is 0 Å². The Hall–Kier alpha value is -2.95. The third-order valence-corrected chi connectivity index (χ3v) is 4.15. The predicted molar refractivity (Wildman–Crippen MR) is 92.9 cm³/mol. The van der Waals surface area contributed by atoms with Crippen LogP contribution >= 0.6 is 0 Å². The molecule has 1 heterocycles. The Morgan fingerprint density at radius 3 is 2.62 bits per heavy atom. The molecule has 5 nitrogen and oxygen atoms in total. The maximum absolute atomic E-state index is 11.4. The van der Waals surface area contributed by atoms with Gasteiger partial charge >= 0.3 is 5.97 Å². The van der Waals surface area contributed by atoms with E-state index in [1.54, 1.807) is 14.2 Å². The summed E-state index contributed by atoms with van der Waals surface area (Å²) in [5.74, 6) is 0.467. The number of carboxylic acids is 1. The molecule has 0 saturated heterocycles. The quantitative estimate of drug-likeness (QED) is 0.749. The summed E-state index contributed by atoms with van der Waals surface area (Å²) in [6.07, 6.45) is -0.0703. The van der Waals surface area contributed by atoms with Gasteiger partial charge in [0.2, 0.25) is 0 Å². The zero-order valence-electron chi connectivity index (χ0n) is 13.8. The Kier molecular flexibility index (Phi) is 4.16. The van der Waals surface area contributed by atoms with E-state index >= 15 is 0 Å². The number of carbonyl (C=O) groups is 1. The molecule has 1 aromatic heterocycles. The number of ether oxygens (including phenoxy) is 2. The largest absolute Gasteiger partial charge is 0.497 e. The van der Waals surface area contributed by atoms with Crippen LogP contribution in [0.1, 0.15) is 11.1 Å². The first kappa shape index (κ1) is 15.9. The summed E-state index contributed by atoms with van der Waals surface area (Å²) in [6, 6.07) is 11.3. The monoisotopic (exact) mass is 325 g/mol. The molecule has 0 aliphatic heterocycles. The normalized spacial score (nSPS) is 10.8. The highest BCUT2D eigenvalue weighted by molar-refractivity contribution is 5.96. The van der Waals surface area contributed by atoms with E-state index in [0.717, 1.165) is 33.3 Å². The number of aromatic nitrogens is 1. The van der Waals surface area contributed by atoms with E-state index in [9.17, 15) is 9.90 Å². The summed E-state index contributed by atoms with van der Waals surface area (Å²) in [5.41, 5.74) is 4.27. The van der Waals surface area contributed by atoms with Gasteiger partial charge < -0.3 is 19.6 Å². The van der Waals surface area contributed by atoms with Crippen LogP contribution in [0.25, 0.3) is 22.2 Å². The number of carboxylic acid groups (broad SMARTS) is 1. The van der Waals surface area contributed by atoms with Crippen molar-refractivity contribution < 1.29 is 19.4 Å². The van der Waals surface area contributed by atoms with Gasteiger partial charge in [0.05, 0.1) is 26.3 Å². The summed E-state index contributed by atoms with van der Waals surface area (Å²) in [5, 5.41) is 10.3. The van der Waals surface area contributed by atoms with Crippen LogP contribution in [-0.2, 0) is 11.2 Å². The standard InChI is InChI=1S/C19H19NO4/c1-11-5-4-6-13-14(10-17(21)22)19(20-18(11)13)15-9-12(23-2)7-8-16(15)24-3/h4-9,20H,10H2,1-3H3,(H,21,22). The van der Waals surface area contributed by atoms with Gasteiger partial charge in [0, 0.05) is 16.5 Å². The second kappa shape index (κ2) is 6.28. The van der Waals surface area contributed by atoms with Crippen LogP contribution in [0.5, 0.6) is 11.5 Å². The highest BCUT2D eigenvalue weighted by Crippen LogP contribution is 2.38. The molecule has 0 saturated carbocycles. The van der Waals surface area contributed by atoms with Crippen LogP contribution in [0.3, 0.4) is 0 Å². The Labute approximate surface area is 139 Å². The first-order valence-electron chi connectivity index (χ1n) is 7.59. The molecule has 0 amide bonds. The van der Waals surface area contributed by atoms with E-state index in [0.29, 0.717) is 11.5 Å². The van der Waals surface area contributed by atoms with Crippen LogP contribution in [0.2, 0.25) is 0 Å². The molecule has 0 spiro atoms. The zero-order chi connectivity index (χ0) is 17.3. The van der Waals surface area contributed by atoms with E-state index in [1.807, 2.05) is 43.3 Å². The maximum atomic E-state index is 11.4. The van der Waals surface area contributed by atoms with Crippen molar-refractivity contribution in [2.75, 3.05) is 14.2 Å². The number of aryl methyl sites for hydroxylation is 1. The minimum atomic E-state index is -0.875. The van der Waals surface area contributed by atoms with Crippen molar-refractivity contribution in [2.45, 2.75) is 13.3 Å². The molecule has 3 rings (SSSR count). The second-order valence-corrected chi connectivity index (χ2v) is 5.61. The number of fused-ring (bicyclic) bond motifs is 1. The number of hydrogen-bond acceptors (Lipinski definition) is 3.